The maximum Gasteiger partial charge on any atom is 0.317 e. The molecule has 4 aliphatic heterocycles. The van der Waals surface area contributed by atoms with Crippen molar-refractivity contribution in [2.75, 3.05) is 184 Å². The summed E-state index contributed by atoms with van der Waals surface area (Å²) >= 11 is 0. The van der Waals surface area contributed by atoms with Gasteiger partial charge in [0.1, 0.15) is 23.9 Å². The molecule has 31 heteroatoms. The Morgan fingerprint density at radius 2 is 1.22 bits per heavy atom. The van der Waals surface area contributed by atoms with Crippen molar-refractivity contribution >= 4 is 47.4 Å². The fraction of sp³-hybridized carbons (Fsp3) is 0.635. The SMILES string of the molecule is CCN1CCN(CC(=O)O)CCN(CC(=O)O)CCN(CC(=O)NCCOCCOCCOCCOCCOCCOCCC(=O)NCCNC(=O)c2ccc(-c3cn(Cc4cccc5c4CN(C(=O)C[C@@H]4C[C@@H](C(=O)N6C[C@@H](F)C[C@H]6C#N)NC4=O)C5)nn3)cc2)CC1. The number of nitriles is 1. The fourth-order valence-corrected chi connectivity index (χ4v) is 11.3. The number of likely N-dealkylation sites (N-methyl/N-ethyl adjacent to an activating group) is 1. The highest BCUT2D eigenvalue weighted by atomic mass is 19.1. The quantitative estimate of drug-likeness (QED) is 0.0377. The average Bonchev–Trinajstić information content (AvgIpc) is 1.66. The lowest BCUT2D eigenvalue weighted by Crippen LogP contribution is -2.49. The minimum Gasteiger partial charge on any atom is -0.480 e. The highest BCUT2D eigenvalue weighted by Gasteiger charge is 2.44. The van der Waals surface area contributed by atoms with E-state index in [1.54, 1.807) is 44.9 Å². The summed E-state index contributed by atoms with van der Waals surface area (Å²) in [6.45, 7) is 12.8. The first kappa shape index (κ1) is 73.8. The van der Waals surface area contributed by atoms with E-state index in [1.807, 2.05) is 41.0 Å². The number of nitrogens with one attached hydrogen (secondary N) is 4. The lowest BCUT2D eigenvalue weighted by atomic mass is 9.99. The van der Waals surface area contributed by atoms with E-state index >= 15 is 0 Å². The number of hydrogen-bond donors (Lipinski definition) is 6. The van der Waals surface area contributed by atoms with Gasteiger partial charge in [0.2, 0.25) is 29.5 Å². The molecule has 3 fully saturated rings. The molecule has 0 aliphatic carbocycles. The predicted molar refractivity (Wildman–Crippen MR) is 335 cm³/mol. The minimum absolute atomic E-state index is 0.0596. The van der Waals surface area contributed by atoms with Crippen LogP contribution in [0.2, 0.25) is 0 Å². The first-order valence-corrected chi connectivity index (χ1v) is 32.2. The molecule has 0 radical (unpaired) electrons. The molecular weight excluding hydrogens is 1230 g/mol. The second-order valence-corrected chi connectivity index (χ2v) is 23.3. The molecule has 4 atom stereocenters. The largest absolute Gasteiger partial charge is 0.480 e. The van der Waals surface area contributed by atoms with Crippen LogP contribution in [0.25, 0.3) is 11.3 Å². The maximum absolute atomic E-state index is 14.0. The molecule has 2 aromatic carbocycles. The van der Waals surface area contributed by atoms with Gasteiger partial charge >= 0.3 is 11.9 Å². The molecule has 516 valence electrons. The van der Waals surface area contributed by atoms with Crippen LogP contribution in [0.15, 0.2) is 48.7 Å². The molecule has 7 rings (SSSR count). The van der Waals surface area contributed by atoms with Crippen LogP contribution in [-0.2, 0) is 81.6 Å². The summed E-state index contributed by atoms with van der Waals surface area (Å²) < 4.78 is 49.0. The van der Waals surface area contributed by atoms with E-state index in [4.69, 9.17) is 28.4 Å². The lowest BCUT2D eigenvalue weighted by molar-refractivity contribution is -0.140. The van der Waals surface area contributed by atoms with Crippen LogP contribution in [0, 0.1) is 17.2 Å². The van der Waals surface area contributed by atoms with Crippen LogP contribution < -0.4 is 21.3 Å². The van der Waals surface area contributed by atoms with Gasteiger partial charge in [0.15, 0.2) is 0 Å². The summed E-state index contributed by atoms with van der Waals surface area (Å²) in [6, 6.07) is 12.9. The van der Waals surface area contributed by atoms with Gasteiger partial charge in [0.25, 0.3) is 5.91 Å². The molecule has 3 aromatic rings. The number of carboxylic acids is 2. The van der Waals surface area contributed by atoms with Crippen LogP contribution in [0.1, 0.15) is 59.7 Å². The van der Waals surface area contributed by atoms with E-state index in [9.17, 15) is 58.2 Å². The van der Waals surface area contributed by atoms with Gasteiger partial charge in [-0.15, -0.1) is 5.10 Å². The molecule has 6 amide bonds. The Morgan fingerprint density at radius 3 is 1.81 bits per heavy atom. The molecular formula is C63H91FN14O16. The van der Waals surface area contributed by atoms with Crippen molar-refractivity contribution < 1.29 is 81.4 Å². The van der Waals surface area contributed by atoms with Crippen molar-refractivity contribution in [3.05, 3.63) is 70.9 Å². The number of carbonyl (C=O) groups excluding carboxylic acids is 6. The Labute approximate surface area is 546 Å². The molecule has 0 spiro atoms. The first-order valence-electron chi connectivity index (χ1n) is 32.2. The lowest BCUT2D eigenvalue weighted by Gasteiger charge is -2.33. The number of nitrogens with zero attached hydrogens (tertiary/aromatic N) is 10. The number of benzene rings is 2. The minimum atomic E-state index is -1.30. The number of fused-ring (bicyclic) bond motifs is 1. The number of likely N-dealkylation sites (tertiary alicyclic amines) is 1. The third-order valence-electron chi connectivity index (χ3n) is 16.5. The number of carbonyl (C=O) groups is 8. The topological polar surface area (TPSA) is 354 Å². The Balaban J connectivity index is 0.637. The van der Waals surface area contributed by atoms with Crippen molar-refractivity contribution in [2.45, 2.75) is 70.5 Å². The molecule has 1 aromatic heterocycles. The number of alkyl halides is 1. The molecule has 0 unspecified atom stereocenters. The zero-order chi connectivity index (χ0) is 67.0. The molecule has 94 heavy (non-hydrogen) atoms. The van der Waals surface area contributed by atoms with Crippen molar-refractivity contribution in [1.82, 2.24) is 65.7 Å². The van der Waals surface area contributed by atoms with Crippen LogP contribution in [0.4, 0.5) is 4.39 Å². The summed E-state index contributed by atoms with van der Waals surface area (Å²) in [5.41, 5.74) is 4.67. The Bertz CT molecular complexity index is 2980. The van der Waals surface area contributed by atoms with Gasteiger partial charge in [-0.05, 0) is 41.8 Å². The maximum atomic E-state index is 14.0. The second kappa shape index (κ2) is 39.9. The van der Waals surface area contributed by atoms with E-state index in [0.29, 0.717) is 162 Å². The van der Waals surface area contributed by atoms with Crippen molar-refractivity contribution in [3.8, 4) is 17.3 Å². The summed E-state index contributed by atoms with van der Waals surface area (Å²) in [6.07, 6.45) is 0.598. The van der Waals surface area contributed by atoms with Gasteiger partial charge in [-0.2, -0.15) is 5.26 Å². The molecule has 5 heterocycles. The number of ether oxygens (including phenoxy) is 6. The van der Waals surface area contributed by atoms with E-state index < -0.39 is 47.9 Å². The fourth-order valence-electron chi connectivity index (χ4n) is 11.3. The second-order valence-electron chi connectivity index (χ2n) is 23.3. The number of rotatable bonds is 38. The summed E-state index contributed by atoms with van der Waals surface area (Å²) in [4.78, 5) is 111. The van der Waals surface area contributed by atoms with Gasteiger partial charge < -0.3 is 74.6 Å². The third-order valence-corrected chi connectivity index (χ3v) is 16.5. The normalized spacial score (nSPS) is 19.2. The van der Waals surface area contributed by atoms with Gasteiger partial charge in [-0.25, -0.2) is 9.07 Å². The van der Waals surface area contributed by atoms with E-state index in [1.165, 1.54) is 4.90 Å². The van der Waals surface area contributed by atoms with Crippen LogP contribution in [0.3, 0.4) is 0 Å². The smallest absolute Gasteiger partial charge is 0.317 e. The van der Waals surface area contributed by atoms with E-state index in [-0.39, 0.29) is 95.2 Å². The van der Waals surface area contributed by atoms with Crippen molar-refractivity contribution in [3.63, 3.8) is 0 Å². The van der Waals surface area contributed by atoms with Crippen LogP contribution in [-0.4, -0.2) is 304 Å². The van der Waals surface area contributed by atoms with Crippen LogP contribution >= 0.6 is 0 Å². The monoisotopic (exact) mass is 1320 g/mol. The van der Waals surface area contributed by atoms with Crippen LogP contribution in [0.5, 0.6) is 0 Å². The van der Waals surface area contributed by atoms with Gasteiger partial charge in [-0.1, -0.05) is 42.5 Å². The standard InChI is InChI=1S/C63H91FN14O16/c1-2-72-14-16-73(18-19-75(45-60(84)85)21-20-74(17-15-72)44-59(82)83)43-57(80)67-13-23-90-25-27-92-29-31-94-33-32-93-30-28-91-26-24-89-22-10-56(79)66-11-12-68-61(86)47-8-6-46(7-9-47)55-42-77(71-70-55)39-49-5-3-4-48-38-76(41-53(48)49)58(81)35-50-34-54(69-62(50)87)63(88)78-40-51(64)36-52(78)37-65/h3-9,42,50-52,54H,2,10-36,38-41,43-45H2,1H3,(H,66,79)(H,67,80)(H,68,86)(H,69,87)(H,82,83)(H,84,85)/t50-,51-,52-,54-/m0/s1. The highest BCUT2D eigenvalue weighted by molar-refractivity contribution is 5.95. The first-order chi connectivity index (χ1) is 45.5. The predicted octanol–water partition coefficient (Wildman–Crippen LogP) is -0.944. The number of amides is 6. The zero-order valence-electron chi connectivity index (χ0n) is 53.6. The van der Waals surface area contributed by atoms with E-state index in [2.05, 4.69) is 36.5 Å². The van der Waals surface area contributed by atoms with Gasteiger partial charge in [0, 0.05) is 121 Å². The summed E-state index contributed by atoms with van der Waals surface area (Å²) in [7, 11) is 0. The molecule has 0 saturated carbocycles. The molecule has 0 bridgehead atoms. The summed E-state index contributed by atoms with van der Waals surface area (Å²) in [5.74, 6) is -4.43. The number of hydrogen-bond acceptors (Lipinski definition) is 21. The summed E-state index contributed by atoms with van der Waals surface area (Å²) in [5, 5.41) is 48.0. The molecule has 4 aliphatic rings. The number of carboxylic acid groups (broad SMARTS) is 2. The Morgan fingerprint density at radius 1 is 0.670 bits per heavy atom. The molecule has 6 N–H and O–H groups in total. The third kappa shape index (κ3) is 25.3. The van der Waals surface area contributed by atoms with E-state index in [0.717, 1.165) is 28.8 Å². The number of aliphatic carboxylic acids is 2. The zero-order valence-corrected chi connectivity index (χ0v) is 53.6. The Hall–Kier alpha value is -7.64. The number of aromatic nitrogens is 3. The van der Waals surface area contributed by atoms with Gasteiger partial charge in [0.05, 0.1) is 124 Å². The average molecular weight is 1320 g/mol. The van der Waals surface area contributed by atoms with Crippen molar-refractivity contribution in [2.24, 2.45) is 5.92 Å². The highest BCUT2D eigenvalue weighted by Crippen LogP contribution is 2.31. The van der Waals surface area contributed by atoms with Gasteiger partial charge in [-0.3, -0.25) is 53.1 Å². The molecule has 30 nitrogen and oxygen atoms in total. The van der Waals surface area contributed by atoms with Crippen molar-refractivity contribution in [1.29, 1.82) is 5.26 Å². The molecule has 3 saturated heterocycles. The number of halogens is 1. The Kier molecular flexibility index (Phi) is 31.3.